The van der Waals surface area contributed by atoms with Crippen molar-refractivity contribution in [3.05, 3.63) is 58.4 Å². The molecule has 0 heterocycles. The Kier molecular flexibility index (Phi) is 5.32. The van der Waals surface area contributed by atoms with Crippen LogP contribution in [0.3, 0.4) is 0 Å². The third kappa shape index (κ3) is 3.80. The van der Waals surface area contributed by atoms with Crippen LogP contribution in [0.5, 0.6) is 11.5 Å². The number of ether oxygens (including phenoxy) is 2. The zero-order valence-electron chi connectivity index (χ0n) is 11.7. The van der Waals surface area contributed by atoms with E-state index in [0.717, 1.165) is 5.56 Å². The average Bonchev–Trinajstić information content (AvgIpc) is 2.50. The van der Waals surface area contributed by atoms with Gasteiger partial charge in [0.05, 0.1) is 19.6 Å². The van der Waals surface area contributed by atoms with Gasteiger partial charge in [-0.05, 0) is 36.2 Å². The first-order chi connectivity index (χ1) is 10.0. The van der Waals surface area contributed by atoms with Crippen LogP contribution < -0.4 is 9.47 Å². The van der Waals surface area contributed by atoms with Crippen molar-refractivity contribution in [2.24, 2.45) is 0 Å². The van der Waals surface area contributed by atoms with E-state index in [1.54, 1.807) is 44.6 Å². The number of halogens is 3. The SMILES string of the molecule is COc1cc(OC)cc(C(Cl)Cc2c(F)cccc2Cl)c1. The fraction of sp³-hybridized carbons (Fsp3) is 0.250. The highest BCUT2D eigenvalue weighted by Crippen LogP contribution is 2.34. The van der Waals surface area contributed by atoms with Crippen LogP contribution in [0.4, 0.5) is 4.39 Å². The molecule has 0 radical (unpaired) electrons. The predicted octanol–water partition coefficient (Wildman–Crippen LogP) is 5.02. The Labute approximate surface area is 133 Å². The summed E-state index contributed by atoms with van der Waals surface area (Å²) in [7, 11) is 3.13. The number of alkyl halides is 1. The van der Waals surface area contributed by atoms with Gasteiger partial charge in [0.2, 0.25) is 0 Å². The average molecular weight is 329 g/mol. The molecule has 0 amide bonds. The Balaban J connectivity index is 2.30. The second-order valence-electron chi connectivity index (χ2n) is 4.52. The summed E-state index contributed by atoms with van der Waals surface area (Å²) in [5.41, 5.74) is 1.19. The maximum absolute atomic E-state index is 13.8. The van der Waals surface area contributed by atoms with E-state index < -0.39 is 5.38 Å². The molecule has 1 unspecified atom stereocenters. The van der Waals surface area contributed by atoms with E-state index in [4.69, 9.17) is 32.7 Å². The number of hydrogen-bond donors (Lipinski definition) is 0. The molecule has 2 aromatic carbocycles. The monoisotopic (exact) mass is 328 g/mol. The minimum Gasteiger partial charge on any atom is -0.497 e. The van der Waals surface area contributed by atoms with E-state index in [2.05, 4.69) is 0 Å². The fourth-order valence-electron chi connectivity index (χ4n) is 2.03. The lowest BCUT2D eigenvalue weighted by Crippen LogP contribution is -2.01. The number of rotatable bonds is 5. The number of methoxy groups -OCH3 is 2. The zero-order valence-corrected chi connectivity index (χ0v) is 13.2. The Morgan fingerprint density at radius 2 is 1.71 bits per heavy atom. The van der Waals surface area contributed by atoms with Gasteiger partial charge in [-0.1, -0.05) is 17.7 Å². The summed E-state index contributed by atoms with van der Waals surface area (Å²) < 4.78 is 24.2. The molecule has 0 N–H and O–H groups in total. The van der Waals surface area contributed by atoms with Gasteiger partial charge < -0.3 is 9.47 Å². The second-order valence-corrected chi connectivity index (χ2v) is 5.45. The van der Waals surface area contributed by atoms with Crippen molar-refractivity contribution < 1.29 is 13.9 Å². The minimum atomic E-state index is -0.441. The molecule has 0 aliphatic carbocycles. The van der Waals surface area contributed by atoms with Crippen molar-refractivity contribution in [2.45, 2.75) is 11.8 Å². The van der Waals surface area contributed by atoms with Gasteiger partial charge in [-0.2, -0.15) is 0 Å². The lowest BCUT2D eigenvalue weighted by molar-refractivity contribution is 0.393. The van der Waals surface area contributed by atoms with Crippen molar-refractivity contribution >= 4 is 23.2 Å². The van der Waals surface area contributed by atoms with Gasteiger partial charge in [0.25, 0.3) is 0 Å². The molecule has 0 spiro atoms. The lowest BCUT2D eigenvalue weighted by atomic mass is 10.0. The highest BCUT2D eigenvalue weighted by molar-refractivity contribution is 6.31. The minimum absolute atomic E-state index is 0.281. The first-order valence-corrected chi connectivity index (χ1v) is 7.16. The summed E-state index contributed by atoms with van der Waals surface area (Å²) in [6.45, 7) is 0. The third-order valence-electron chi connectivity index (χ3n) is 3.18. The van der Waals surface area contributed by atoms with E-state index in [1.165, 1.54) is 6.07 Å². The van der Waals surface area contributed by atoms with E-state index in [0.29, 0.717) is 22.1 Å². The lowest BCUT2D eigenvalue weighted by Gasteiger charge is -2.14. The standard InChI is InChI=1S/C16H15Cl2FO2/c1-20-11-6-10(7-12(8-11)21-2)15(18)9-13-14(17)4-3-5-16(13)19/h3-8,15H,9H2,1-2H3. The van der Waals surface area contributed by atoms with E-state index in [-0.39, 0.29) is 12.2 Å². The molecule has 21 heavy (non-hydrogen) atoms. The van der Waals surface area contributed by atoms with Crippen molar-refractivity contribution in [1.82, 2.24) is 0 Å². The van der Waals surface area contributed by atoms with Crippen molar-refractivity contribution in [2.75, 3.05) is 14.2 Å². The molecule has 0 saturated heterocycles. The molecule has 0 aliphatic rings. The van der Waals surface area contributed by atoms with Crippen molar-refractivity contribution in [3.63, 3.8) is 0 Å². The molecule has 0 aromatic heterocycles. The van der Waals surface area contributed by atoms with Crippen LogP contribution in [0.15, 0.2) is 36.4 Å². The Bertz CT molecular complexity index is 589. The van der Waals surface area contributed by atoms with Crippen molar-refractivity contribution in [1.29, 1.82) is 0 Å². The summed E-state index contributed by atoms with van der Waals surface area (Å²) in [5, 5.41) is -0.0705. The van der Waals surface area contributed by atoms with Crippen LogP contribution >= 0.6 is 23.2 Å². The molecular formula is C16H15Cl2FO2. The normalized spacial score (nSPS) is 12.0. The van der Waals surface area contributed by atoms with Gasteiger partial charge in [-0.3, -0.25) is 0 Å². The first-order valence-electron chi connectivity index (χ1n) is 6.35. The largest absolute Gasteiger partial charge is 0.497 e. The maximum Gasteiger partial charge on any atom is 0.127 e. The first kappa shape index (κ1) is 15.9. The van der Waals surface area contributed by atoms with Crippen LogP contribution in [-0.4, -0.2) is 14.2 Å². The van der Waals surface area contributed by atoms with Crippen LogP contribution in [0, 0.1) is 5.82 Å². The molecule has 2 rings (SSSR count). The van der Waals surface area contributed by atoms with E-state index >= 15 is 0 Å². The molecule has 5 heteroatoms. The summed E-state index contributed by atoms with van der Waals surface area (Å²) in [5.74, 6) is 0.910. The third-order valence-corrected chi connectivity index (χ3v) is 3.94. The second kappa shape index (κ2) is 7.01. The summed E-state index contributed by atoms with van der Waals surface area (Å²) in [6.07, 6.45) is 0.281. The molecule has 0 aliphatic heterocycles. The highest BCUT2D eigenvalue weighted by Gasteiger charge is 2.16. The van der Waals surface area contributed by atoms with E-state index in [9.17, 15) is 4.39 Å². The van der Waals surface area contributed by atoms with Crippen LogP contribution in [0.25, 0.3) is 0 Å². The van der Waals surface area contributed by atoms with Gasteiger partial charge >= 0.3 is 0 Å². The summed E-state index contributed by atoms with van der Waals surface area (Å²) in [6, 6.07) is 9.94. The molecule has 2 aromatic rings. The van der Waals surface area contributed by atoms with Gasteiger partial charge in [-0.15, -0.1) is 11.6 Å². The van der Waals surface area contributed by atoms with Crippen LogP contribution in [0.2, 0.25) is 5.02 Å². The summed E-state index contributed by atoms with van der Waals surface area (Å²) in [4.78, 5) is 0. The molecular weight excluding hydrogens is 314 g/mol. The zero-order chi connectivity index (χ0) is 15.4. The predicted molar refractivity (Wildman–Crippen MR) is 83.3 cm³/mol. The Morgan fingerprint density at radius 1 is 1.10 bits per heavy atom. The summed E-state index contributed by atoms with van der Waals surface area (Å²) >= 11 is 12.4. The fourth-order valence-corrected chi connectivity index (χ4v) is 2.56. The molecule has 2 nitrogen and oxygen atoms in total. The molecule has 1 atom stereocenters. The maximum atomic E-state index is 13.8. The van der Waals surface area contributed by atoms with Gasteiger partial charge in [0.15, 0.2) is 0 Å². The number of hydrogen-bond acceptors (Lipinski definition) is 2. The number of benzene rings is 2. The van der Waals surface area contributed by atoms with Crippen LogP contribution in [0.1, 0.15) is 16.5 Å². The highest BCUT2D eigenvalue weighted by atomic mass is 35.5. The van der Waals surface area contributed by atoms with Crippen LogP contribution in [-0.2, 0) is 6.42 Å². The van der Waals surface area contributed by atoms with Gasteiger partial charge in [0.1, 0.15) is 17.3 Å². The molecule has 0 saturated carbocycles. The van der Waals surface area contributed by atoms with E-state index in [1.807, 2.05) is 0 Å². The molecule has 0 fully saturated rings. The van der Waals surface area contributed by atoms with Crippen molar-refractivity contribution in [3.8, 4) is 11.5 Å². The topological polar surface area (TPSA) is 18.5 Å². The Hall–Kier alpha value is -1.45. The van der Waals surface area contributed by atoms with Gasteiger partial charge in [0, 0.05) is 16.7 Å². The molecule has 0 bridgehead atoms. The van der Waals surface area contributed by atoms with Gasteiger partial charge in [-0.25, -0.2) is 4.39 Å². The smallest absolute Gasteiger partial charge is 0.127 e. The quantitative estimate of drug-likeness (QED) is 0.717. The Morgan fingerprint density at radius 3 is 2.24 bits per heavy atom. The molecule has 112 valence electrons.